The Morgan fingerprint density at radius 3 is 2.50 bits per heavy atom. The highest BCUT2D eigenvalue weighted by Crippen LogP contribution is 2.25. The fraction of sp³-hybridized carbons (Fsp3) is 0.211. The molecule has 0 aliphatic heterocycles. The smallest absolute Gasteiger partial charge is 0.174 e. The predicted molar refractivity (Wildman–Crippen MR) is 98.8 cm³/mol. The Labute approximate surface area is 147 Å². The highest BCUT2D eigenvalue weighted by Gasteiger charge is 2.22. The number of rotatable bonds is 5. The van der Waals surface area contributed by atoms with Gasteiger partial charge in [0.1, 0.15) is 11.5 Å². The van der Waals surface area contributed by atoms with Gasteiger partial charge in [0.15, 0.2) is 5.11 Å². The first-order chi connectivity index (χ1) is 11.6. The third kappa shape index (κ3) is 3.68. The summed E-state index contributed by atoms with van der Waals surface area (Å²) in [5, 5.41) is 3.97. The van der Waals surface area contributed by atoms with Crippen LogP contribution < -0.4 is 5.32 Å². The number of furan rings is 2. The van der Waals surface area contributed by atoms with Crippen molar-refractivity contribution in [3.8, 4) is 0 Å². The Bertz CT molecular complexity index is 782. The summed E-state index contributed by atoms with van der Waals surface area (Å²) >= 11 is 5.67. The first-order valence-electron chi connectivity index (χ1n) is 7.84. The first kappa shape index (κ1) is 16.3. The average molecular weight is 340 g/mol. The van der Waals surface area contributed by atoms with Crippen LogP contribution in [0, 0.1) is 6.92 Å². The van der Waals surface area contributed by atoms with Crippen molar-refractivity contribution in [1.82, 2.24) is 4.90 Å². The van der Waals surface area contributed by atoms with Crippen molar-refractivity contribution in [3.05, 3.63) is 78.1 Å². The maximum atomic E-state index is 5.67. The summed E-state index contributed by atoms with van der Waals surface area (Å²) in [5.41, 5.74) is 2.14. The molecule has 5 heteroatoms. The molecule has 4 nitrogen and oxygen atoms in total. The summed E-state index contributed by atoms with van der Waals surface area (Å²) in [7, 11) is 0. The molecule has 124 valence electrons. The van der Waals surface area contributed by atoms with E-state index < -0.39 is 0 Å². The minimum Gasteiger partial charge on any atom is -0.467 e. The Morgan fingerprint density at radius 1 is 1.08 bits per heavy atom. The van der Waals surface area contributed by atoms with Gasteiger partial charge in [0.25, 0.3) is 0 Å². The van der Waals surface area contributed by atoms with Crippen LogP contribution in [0.15, 0.2) is 69.9 Å². The summed E-state index contributed by atoms with van der Waals surface area (Å²) in [6, 6.07) is 15.7. The fourth-order valence-corrected chi connectivity index (χ4v) is 2.87. The third-order valence-electron chi connectivity index (χ3n) is 3.98. The van der Waals surface area contributed by atoms with E-state index in [1.165, 1.54) is 0 Å². The lowest BCUT2D eigenvalue weighted by molar-refractivity contribution is 0.269. The number of aryl methyl sites for hydroxylation is 1. The number of hydrogen-bond donors (Lipinski definition) is 1. The van der Waals surface area contributed by atoms with E-state index in [1.807, 2.05) is 42.5 Å². The third-order valence-corrected chi connectivity index (χ3v) is 4.31. The van der Waals surface area contributed by atoms with Crippen LogP contribution in [0.4, 0.5) is 5.69 Å². The van der Waals surface area contributed by atoms with Crippen molar-refractivity contribution in [2.75, 3.05) is 5.32 Å². The molecule has 0 spiro atoms. The van der Waals surface area contributed by atoms with Crippen molar-refractivity contribution < 1.29 is 8.83 Å². The molecule has 0 saturated carbocycles. The van der Waals surface area contributed by atoms with E-state index in [2.05, 4.69) is 30.1 Å². The number of thiocarbonyl (C=S) groups is 1. The molecule has 0 aliphatic rings. The minimum atomic E-state index is -0.0193. The van der Waals surface area contributed by atoms with Crippen LogP contribution in [0.2, 0.25) is 0 Å². The van der Waals surface area contributed by atoms with E-state index in [0.29, 0.717) is 11.7 Å². The molecule has 3 aromatic rings. The van der Waals surface area contributed by atoms with Gasteiger partial charge in [0.2, 0.25) is 0 Å². The topological polar surface area (TPSA) is 41.5 Å². The fourth-order valence-electron chi connectivity index (χ4n) is 2.54. The molecular formula is C19H20N2O2S. The number of nitrogens with zero attached hydrogens (tertiary/aromatic N) is 1. The molecule has 0 radical (unpaired) electrons. The quantitative estimate of drug-likeness (QED) is 0.651. The van der Waals surface area contributed by atoms with Crippen LogP contribution in [0.1, 0.15) is 30.0 Å². The van der Waals surface area contributed by atoms with Crippen LogP contribution in [0.3, 0.4) is 0 Å². The van der Waals surface area contributed by atoms with Gasteiger partial charge in [-0.3, -0.25) is 0 Å². The van der Waals surface area contributed by atoms with Crippen molar-refractivity contribution >= 4 is 23.0 Å². The first-order valence-corrected chi connectivity index (χ1v) is 8.25. The van der Waals surface area contributed by atoms with Crippen LogP contribution >= 0.6 is 12.2 Å². The van der Waals surface area contributed by atoms with Crippen LogP contribution in [-0.2, 0) is 6.54 Å². The van der Waals surface area contributed by atoms with Crippen LogP contribution in [0.25, 0.3) is 0 Å². The zero-order valence-corrected chi connectivity index (χ0v) is 14.5. The number of nitrogens with one attached hydrogen (secondary N) is 1. The second-order valence-electron chi connectivity index (χ2n) is 5.64. The monoisotopic (exact) mass is 340 g/mol. The summed E-state index contributed by atoms with van der Waals surface area (Å²) < 4.78 is 11.1. The highest BCUT2D eigenvalue weighted by atomic mass is 32.1. The Morgan fingerprint density at radius 2 is 1.83 bits per heavy atom. The average Bonchev–Trinajstić information content (AvgIpc) is 3.27. The molecule has 1 N–H and O–H groups in total. The summed E-state index contributed by atoms with van der Waals surface area (Å²) in [5.74, 6) is 1.71. The zero-order chi connectivity index (χ0) is 16.9. The summed E-state index contributed by atoms with van der Waals surface area (Å²) in [6.07, 6.45) is 3.34. The predicted octanol–water partition coefficient (Wildman–Crippen LogP) is 5.14. The number of para-hydroxylation sites is 1. The molecule has 0 fully saturated rings. The SMILES string of the molecule is Cc1ccccc1NC(=S)N(Cc1ccco1)[C@H](C)c1ccco1. The van der Waals surface area contributed by atoms with Crippen molar-refractivity contribution in [2.24, 2.45) is 0 Å². The van der Waals surface area contributed by atoms with E-state index in [-0.39, 0.29) is 6.04 Å². The Kier molecular flexibility index (Phi) is 5.01. The standard InChI is InChI=1S/C19H20N2O2S/c1-14-7-3-4-9-17(14)20-19(24)21(13-16-8-5-11-22-16)15(2)18-10-6-12-23-18/h3-12,15H,13H2,1-2H3,(H,20,24)/t15-/m1/s1. The largest absolute Gasteiger partial charge is 0.467 e. The molecule has 24 heavy (non-hydrogen) atoms. The zero-order valence-electron chi connectivity index (χ0n) is 13.7. The maximum absolute atomic E-state index is 5.67. The molecule has 0 amide bonds. The lowest BCUT2D eigenvalue weighted by Gasteiger charge is -2.30. The summed E-state index contributed by atoms with van der Waals surface area (Å²) in [6.45, 7) is 4.68. The van der Waals surface area contributed by atoms with Gasteiger partial charge in [-0.2, -0.15) is 0 Å². The van der Waals surface area contributed by atoms with Crippen LogP contribution in [-0.4, -0.2) is 10.0 Å². The van der Waals surface area contributed by atoms with Gasteiger partial charge in [0, 0.05) is 5.69 Å². The Balaban J connectivity index is 1.83. The number of anilines is 1. The molecular weight excluding hydrogens is 320 g/mol. The van der Waals surface area contributed by atoms with Gasteiger partial charge < -0.3 is 19.1 Å². The second-order valence-corrected chi connectivity index (χ2v) is 6.03. The van der Waals surface area contributed by atoms with Crippen LogP contribution in [0.5, 0.6) is 0 Å². The molecule has 3 rings (SSSR count). The molecule has 0 bridgehead atoms. The minimum absolute atomic E-state index is 0.0193. The second kappa shape index (κ2) is 7.36. The van der Waals surface area contributed by atoms with Gasteiger partial charge in [-0.1, -0.05) is 18.2 Å². The molecule has 0 saturated heterocycles. The van der Waals surface area contributed by atoms with E-state index >= 15 is 0 Å². The van der Waals surface area contributed by atoms with E-state index in [0.717, 1.165) is 22.8 Å². The van der Waals surface area contributed by atoms with Crippen molar-refractivity contribution in [2.45, 2.75) is 26.4 Å². The van der Waals surface area contributed by atoms with E-state index in [9.17, 15) is 0 Å². The lowest BCUT2D eigenvalue weighted by atomic mass is 10.2. The van der Waals surface area contributed by atoms with Gasteiger partial charge >= 0.3 is 0 Å². The summed E-state index contributed by atoms with van der Waals surface area (Å²) in [4.78, 5) is 2.06. The lowest BCUT2D eigenvalue weighted by Crippen LogP contribution is -2.36. The normalized spacial score (nSPS) is 11.9. The molecule has 2 heterocycles. The Hall–Kier alpha value is -2.53. The molecule has 0 unspecified atom stereocenters. The van der Waals surface area contributed by atoms with Gasteiger partial charge in [-0.25, -0.2) is 0 Å². The van der Waals surface area contributed by atoms with E-state index in [1.54, 1.807) is 12.5 Å². The molecule has 1 aromatic carbocycles. The van der Waals surface area contributed by atoms with E-state index in [4.69, 9.17) is 21.1 Å². The maximum Gasteiger partial charge on any atom is 0.174 e. The molecule has 1 atom stereocenters. The number of hydrogen-bond acceptors (Lipinski definition) is 3. The van der Waals surface area contributed by atoms with Crippen molar-refractivity contribution in [1.29, 1.82) is 0 Å². The van der Waals surface area contributed by atoms with Gasteiger partial charge in [0.05, 0.1) is 25.1 Å². The van der Waals surface area contributed by atoms with Gasteiger partial charge in [-0.05, 0) is 62.0 Å². The molecule has 2 aromatic heterocycles. The highest BCUT2D eigenvalue weighted by molar-refractivity contribution is 7.80. The number of benzene rings is 1. The van der Waals surface area contributed by atoms with Crippen molar-refractivity contribution in [3.63, 3.8) is 0 Å². The molecule has 0 aliphatic carbocycles. The van der Waals surface area contributed by atoms with Gasteiger partial charge in [-0.15, -0.1) is 0 Å².